The van der Waals surface area contributed by atoms with Crippen LogP contribution in [-0.4, -0.2) is 12.1 Å². The summed E-state index contributed by atoms with van der Waals surface area (Å²) in [6.07, 6.45) is 3.11. The third-order valence-corrected chi connectivity index (χ3v) is 3.20. The topological polar surface area (TPSA) is 12.0 Å². The minimum atomic E-state index is 0.117. The van der Waals surface area contributed by atoms with Crippen molar-refractivity contribution >= 4 is 29.3 Å². The van der Waals surface area contributed by atoms with Gasteiger partial charge in [0.2, 0.25) is 0 Å². The number of halogens is 2. The average Bonchev–Trinajstić information content (AvgIpc) is 2.27. The Balaban J connectivity index is 2.87. The third kappa shape index (κ3) is 5.43. The van der Waals surface area contributed by atoms with Gasteiger partial charge in [0.15, 0.2) is 0 Å². The van der Waals surface area contributed by atoms with Crippen LogP contribution in [0.2, 0.25) is 10.0 Å². The van der Waals surface area contributed by atoms with Gasteiger partial charge in [0.05, 0.1) is 0 Å². The molecule has 0 atom stereocenters. The van der Waals surface area contributed by atoms with E-state index < -0.39 is 0 Å². The lowest BCUT2D eigenvalue weighted by Gasteiger charge is -2.21. The van der Waals surface area contributed by atoms with E-state index in [0.717, 1.165) is 23.6 Å². The van der Waals surface area contributed by atoms with Crippen molar-refractivity contribution in [2.75, 3.05) is 6.54 Å². The minimum Gasteiger partial charge on any atom is -0.308 e. The second kappa shape index (κ2) is 6.60. The Hall–Kier alpha value is -0.500. The van der Waals surface area contributed by atoms with Crippen molar-refractivity contribution in [2.45, 2.75) is 39.7 Å². The highest BCUT2D eigenvalue weighted by molar-refractivity contribution is 6.34. The van der Waals surface area contributed by atoms with Crippen LogP contribution >= 0.6 is 23.2 Å². The molecule has 0 unspecified atom stereocenters. The molecule has 3 heteroatoms. The molecular weight excluding hydrogens is 265 g/mol. The highest BCUT2D eigenvalue weighted by Crippen LogP contribution is 2.23. The van der Waals surface area contributed by atoms with Gasteiger partial charge in [-0.2, -0.15) is 0 Å². The molecule has 0 aromatic heterocycles. The molecule has 100 valence electrons. The summed E-state index contributed by atoms with van der Waals surface area (Å²) in [5.74, 6) is 0. The fourth-order valence-corrected chi connectivity index (χ4v) is 1.85. The Bertz CT molecular complexity index is 431. The molecule has 1 aromatic rings. The van der Waals surface area contributed by atoms with Gasteiger partial charge in [0.1, 0.15) is 0 Å². The van der Waals surface area contributed by atoms with Crippen molar-refractivity contribution in [1.82, 2.24) is 5.32 Å². The Labute approximate surface area is 120 Å². The summed E-state index contributed by atoms with van der Waals surface area (Å²) < 4.78 is 0. The molecule has 0 spiro atoms. The van der Waals surface area contributed by atoms with Crippen LogP contribution in [0.4, 0.5) is 0 Å². The summed E-state index contributed by atoms with van der Waals surface area (Å²) in [5.41, 5.74) is 2.41. The fraction of sp³-hybridized carbons (Fsp3) is 0.467. The second-order valence-corrected chi connectivity index (χ2v) is 6.27. The smallest absolute Gasteiger partial charge is 0.0479 e. The maximum Gasteiger partial charge on any atom is 0.0479 e. The highest BCUT2D eigenvalue weighted by atomic mass is 35.5. The fourth-order valence-electron chi connectivity index (χ4n) is 1.50. The molecule has 1 rings (SSSR count). The first-order valence-corrected chi connectivity index (χ1v) is 6.97. The molecular formula is C15H21Cl2N. The number of benzene rings is 1. The average molecular weight is 286 g/mol. The van der Waals surface area contributed by atoms with E-state index in [2.05, 4.69) is 39.1 Å². The van der Waals surface area contributed by atoms with Crippen LogP contribution in [0.25, 0.3) is 6.08 Å². The first-order valence-electron chi connectivity index (χ1n) is 6.21. The van der Waals surface area contributed by atoms with E-state index >= 15 is 0 Å². The van der Waals surface area contributed by atoms with E-state index in [1.807, 2.05) is 12.1 Å². The maximum absolute atomic E-state index is 6.16. The predicted molar refractivity (Wildman–Crippen MR) is 82.5 cm³/mol. The number of rotatable bonds is 4. The van der Waals surface area contributed by atoms with Gasteiger partial charge in [-0.1, -0.05) is 41.8 Å². The maximum atomic E-state index is 6.16. The molecule has 0 aliphatic rings. The standard InChI is InChI=1S/C15H21Cl2N/c1-5-11(10-18-15(2,3)4)8-12-9-13(16)6-7-14(12)17/h6-9,18H,5,10H2,1-4H3/b11-8-. The summed E-state index contributed by atoms with van der Waals surface area (Å²) in [6, 6.07) is 5.54. The van der Waals surface area contributed by atoms with Crippen LogP contribution in [0.1, 0.15) is 39.7 Å². The van der Waals surface area contributed by atoms with Gasteiger partial charge >= 0.3 is 0 Å². The van der Waals surface area contributed by atoms with Gasteiger partial charge in [0.25, 0.3) is 0 Å². The van der Waals surface area contributed by atoms with Gasteiger partial charge in [-0.15, -0.1) is 0 Å². The van der Waals surface area contributed by atoms with Crippen molar-refractivity contribution in [2.24, 2.45) is 0 Å². The Morgan fingerprint density at radius 1 is 1.28 bits per heavy atom. The minimum absolute atomic E-state index is 0.117. The lowest BCUT2D eigenvalue weighted by Crippen LogP contribution is -2.36. The summed E-state index contributed by atoms with van der Waals surface area (Å²) in [4.78, 5) is 0. The van der Waals surface area contributed by atoms with Gasteiger partial charge in [0, 0.05) is 22.1 Å². The SMILES string of the molecule is CC/C(=C/c1cc(Cl)ccc1Cl)CNC(C)(C)C. The van der Waals surface area contributed by atoms with Crippen LogP contribution in [-0.2, 0) is 0 Å². The Morgan fingerprint density at radius 2 is 1.94 bits per heavy atom. The zero-order valence-corrected chi connectivity index (χ0v) is 13.0. The van der Waals surface area contributed by atoms with Crippen LogP contribution < -0.4 is 5.32 Å². The zero-order chi connectivity index (χ0) is 13.8. The predicted octanol–water partition coefficient (Wildman–Crippen LogP) is 5.17. The molecule has 0 fully saturated rings. The highest BCUT2D eigenvalue weighted by Gasteiger charge is 2.09. The Morgan fingerprint density at radius 3 is 2.50 bits per heavy atom. The number of hydrogen-bond acceptors (Lipinski definition) is 1. The molecule has 0 bridgehead atoms. The van der Waals surface area contributed by atoms with Crippen molar-refractivity contribution in [3.8, 4) is 0 Å². The van der Waals surface area contributed by atoms with Gasteiger partial charge in [-0.25, -0.2) is 0 Å². The summed E-state index contributed by atoms with van der Waals surface area (Å²) in [6.45, 7) is 9.49. The largest absolute Gasteiger partial charge is 0.308 e. The van der Waals surface area contributed by atoms with Crippen molar-refractivity contribution in [3.63, 3.8) is 0 Å². The van der Waals surface area contributed by atoms with Crippen LogP contribution in [0.3, 0.4) is 0 Å². The van der Waals surface area contributed by atoms with Gasteiger partial charge in [-0.05, 0) is 51.0 Å². The lowest BCUT2D eigenvalue weighted by atomic mass is 10.1. The van der Waals surface area contributed by atoms with E-state index in [9.17, 15) is 0 Å². The van der Waals surface area contributed by atoms with E-state index in [1.165, 1.54) is 5.57 Å². The molecule has 18 heavy (non-hydrogen) atoms. The van der Waals surface area contributed by atoms with Crippen LogP contribution in [0, 0.1) is 0 Å². The first-order chi connectivity index (χ1) is 8.31. The summed E-state index contributed by atoms with van der Waals surface area (Å²) in [7, 11) is 0. The molecule has 0 radical (unpaired) electrons. The quantitative estimate of drug-likeness (QED) is 0.804. The van der Waals surface area contributed by atoms with Crippen molar-refractivity contribution in [3.05, 3.63) is 39.4 Å². The van der Waals surface area contributed by atoms with Crippen molar-refractivity contribution < 1.29 is 0 Å². The zero-order valence-electron chi connectivity index (χ0n) is 11.5. The van der Waals surface area contributed by atoms with E-state index in [4.69, 9.17) is 23.2 Å². The van der Waals surface area contributed by atoms with E-state index in [1.54, 1.807) is 6.07 Å². The molecule has 0 saturated heterocycles. The third-order valence-electron chi connectivity index (χ3n) is 2.62. The number of nitrogens with one attached hydrogen (secondary N) is 1. The molecule has 1 nitrogen and oxygen atoms in total. The van der Waals surface area contributed by atoms with E-state index in [-0.39, 0.29) is 5.54 Å². The van der Waals surface area contributed by atoms with E-state index in [0.29, 0.717) is 5.02 Å². The second-order valence-electron chi connectivity index (χ2n) is 5.43. The molecule has 1 aromatic carbocycles. The molecule has 0 aliphatic heterocycles. The summed E-state index contributed by atoms with van der Waals surface area (Å²) >= 11 is 12.2. The number of hydrogen-bond donors (Lipinski definition) is 1. The van der Waals surface area contributed by atoms with Crippen LogP contribution in [0.15, 0.2) is 23.8 Å². The van der Waals surface area contributed by atoms with Crippen LogP contribution in [0.5, 0.6) is 0 Å². The molecule has 0 aliphatic carbocycles. The Kier molecular flexibility index (Phi) is 5.71. The lowest BCUT2D eigenvalue weighted by molar-refractivity contribution is 0.443. The normalized spacial score (nSPS) is 12.9. The molecule has 0 saturated carbocycles. The van der Waals surface area contributed by atoms with Gasteiger partial charge in [-0.3, -0.25) is 0 Å². The molecule has 1 N–H and O–H groups in total. The van der Waals surface area contributed by atoms with Crippen molar-refractivity contribution in [1.29, 1.82) is 0 Å². The molecule has 0 amide bonds. The van der Waals surface area contributed by atoms with Gasteiger partial charge < -0.3 is 5.32 Å². The monoisotopic (exact) mass is 285 g/mol. The summed E-state index contributed by atoms with van der Waals surface area (Å²) in [5, 5.41) is 4.93. The first kappa shape index (κ1) is 15.6. The molecule has 0 heterocycles.